The summed E-state index contributed by atoms with van der Waals surface area (Å²) in [5.41, 5.74) is 0.420. The number of nitro benzene ring substituents is 1. The highest BCUT2D eigenvalue weighted by atomic mass is 16.6. The van der Waals surface area contributed by atoms with E-state index in [1.807, 2.05) is 27.7 Å². The van der Waals surface area contributed by atoms with Gasteiger partial charge in [0, 0.05) is 30.3 Å². The number of nitro groups is 1. The summed E-state index contributed by atoms with van der Waals surface area (Å²) in [7, 11) is 0. The first-order chi connectivity index (χ1) is 11.4. The van der Waals surface area contributed by atoms with Gasteiger partial charge in [-0.3, -0.25) is 20.2 Å². The lowest BCUT2D eigenvalue weighted by molar-refractivity contribution is -0.385. The van der Waals surface area contributed by atoms with Crippen LogP contribution in [0.4, 0.5) is 10.5 Å². The average molecular weight is 337 g/mol. The molecule has 1 aromatic rings. The van der Waals surface area contributed by atoms with E-state index in [0.29, 0.717) is 18.7 Å². The molecule has 7 heteroatoms. The molecule has 0 fully saturated rings. The molecule has 0 radical (unpaired) electrons. The van der Waals surface area contributed by atoms with Crippen LogP contribution in [0.1, 0.15) is 56.5 Å². The summed E-state index contributed by atoms with van der Waals surface area (Å²) in [5.74, 6) is -0.634. The van der Waals surface area contributed by atoms with Gasteiger partial charge in [0.1, 0.15) is 0 Å². The SMILES string of the molecule is CC.CCCN(CCC)C(=O)NC(=O)c1ccc(C)c([N+](=O)[O-])c1. The summed E-state index contributed by atoms with van der Waals surface area (Å²) in [4.78, 5) is 36.0. The third-order valence-electron chi connectivity index (χ3n) is 3.16. The van der Waals surface area contributed by atoms with Gasteiger partial charge in [-0.15, -0.1) is 0 Å². The van der Waals surface area contributed by atoms with E-state index in [9.17, 15) is 19.7 Å². The molecule has 24 heavy (non-hydrogen) atoms. The van der Waals surface area contributed by atoms with Crippen molar-refractivity contribution in [3.05, 3.63) is 39.4 Å². The Labute approximate surface area is 143 Å². The zero-order valence-corrected chi connectivity index (χ0v) is 15.1. The first-order valence-electron chi connectivity index (χ1n) is 8.26. The van der Waals surface area contributed by atoms with Gasteiger partial charge in [-0.25, -0.2) is 4.79 Å². The van der Waals surface area contributed by atoms with Crippen molar-refractivity contribution in [3.63, 3.8) is 0 Å². The lowest BCUT2D eigenvalue weighted by Crippen LogP contribution is -2.43. The number of carbonyl (C=O) groups is 2. The molecular weight excluding hydrogens is 310 g/mol. The third-order valence-corrected chi connectivity index (χ3v) is 3.16. The molecule has 0 heterocycles. The summed E-state index contributed by atoms with van der Waals surface area (Å²) in [6, 6.07) is 3.67. The largest absolute Gasteiger partial charge is 0.324 e. The number of benzene rings is 1. The molecule has 1 aromatic carbocycles. The fraction of sp³-hybridized carbons (Fsp3) is 0.529. The average Bonchev–Trinajstić information content (AvgIpc) is 2.56. The Kier molecular flexibility index (Phi) is 10.0. The van der Waals surface area contributed by atoms with Crippen LogP contribution in [0.2, 0.25) is 0 Å². The number of amides is 3. The second-order valence-electron chi connectivity index (χ2n) is 5.00. The summed E-state index contributed by atoms with van der Waals surface area (Å²) in [6.45, 7) is 10.6. The van der Waals surface area contributed by atoms with Gasteiger partial charge in [-0.05, 0) is 25.8 Å². The van der Waals surface area contributed by atoms with Gasteiger partial charge < -0.3 is 4.90 Å². The van der Waals surface area contributed by atoms with Crippen LogP contribution in [-0.4, -0.2) is 34.9 Å². The van der Waals surface area contributed by atoms with Crippen LogP contribution < -0.4 is 5.32 Å². The predicted octanol–water partition coefficient (Wildman–Crippen LogP) is 3.90. The van der Waals surface area contributed by atoms with Crippen LogP contribution in [0.3, 0.4) is 0 Å². The first-order valence-corrected chi connectivity index (χ1v) is 8.26. The topological polar surface area (TPSA) is 92.6 Å². The van der Waals surface area contributed by atoms with Gasteiger partial charge in [0.25, 0.3) is 11.6 Å². The second-order valence-corrected chi connectivity index (χ2v) is 5.00. The third kappa shape index (κ3) is 6.36. The Bertz CT molecular complexity index is 567. The molecule has 3 amide bonds. The van der Waals surface area contributed by atoms with E-state index in [1.54, 1.807) is 11.8 Å². The van der Waals surface area contributed by atoms with Crippen molar-refractivity contribution in [2.75, 3.05) is 13.1 Å². The lowest BCUT2D eigenvalue weighted by Gasteiger charge is -2.21. The number of urea groups is 1. The maximum Gasteiger partial charge on any atom is 0.324 e. The smallest absolute Gasteiger partial charge is 0.324 e. The highest BCUT2D eigenvalue weighted by Crippen LogP contribution is 2.19. The Morgan fingerprint density at radius 1 is 1.17 bits per heavy atom. The van der Waals surface area contributed by atoms with Gasteiger partial charge in [0.05, 0.1) is 4.92 Å². The van der Waals surface area contributed by atoms with Crippen molar-refractivity contribution >= 4 is 17.6 Å². The van der Waals surface area contributed by atoms with E-state index < -0.39 is 16.9 Å². The Morgan fingerprint density at radius 2 is 1.71 bits per heavy atom. The number of hydrogen-bond acceptors (Lipinski definition) is 4. The fourth-order valence-corrected chi connectivity index (χ4v) is 2.05. The fourth-order valence-electron chi connectivity index (χ4n) is 2.05. The number of nitrogens with zero attached hydrogens (tertiary/aromatic N) is 2. The molecule has 1 N–H and O–H groups in total. The molecule has 0 bridgehead atoms. The monoisotopic (exact) mass is 337 g/mol. The maximum atomic E-state index is 12.1. The van der Waals surface area contributed by atoms with Crippen LogP contribution in [0.15, 0.2) is 18.2 Å². The van der Waals surface area contributed by atoms with E-state index in [2.05, 4.69) is 5.32 Å². The summed E-state index contributed by atoms with van der Waals surface area (Å²) in [6.07, 6.45) is 1.58. The molecule has 0 aromatic heterocycles. The lowest BCUT2D eigenvalue weighted by atomic mass is 10.1. The quantitative estimate of drug-likeness (QED) is 0.629. The summed E-state index contributed by atoms with van der Waals surface area (Å²) in [5, 5.41) is 13.2. The van der Waals surface area contributed by atoms with Crippen molar-refractivity contribution in [2.24, 2.45) is 0 Å². The number of hydrogen-bond donors (Lipinski definition) is 1. The van der Waals surface area contributed by atoms with Crippen LogP contribution in [-0.2, 0) is 0 Å². The molecule has 0 unspecified atom stereocenters. The van der Waals surface area contributed by atoms with E-state index >= 15 is 0 Å². The number of nitrogens with one attached hydrogen (secondary N) is 1. The van der Waals surface area contributed by atoms with Crippen molar-refractivity contribution in [2.45, 2.75) is 47.5 Å². The minimum Gasteiger partial charge on any atom is -0.324 e. The molecule has 0 aliphatic heterocycles. The van der Waals surface area contributed by atoms with E-state index in [1.165, 1.54) is 18.2 Å². The Balaban J connectivity index is 0.00000254. The molecule has 0 atom stereocenters. The van der Waals surface area contributed by atoms with Crippen molar-refractivity contribution in [1.29, 1.82) is 0 Å². The van der Waals surface area contributed by atoms with E-state index in [-0.39, 0.29) is 11.3 Å². The standard InChI is InChI=1S/C15H21N3O4.C2H6/c1-4-8-17(9-5-2)15(20)16-14(19)12-7-6-11(3)13(10-12)18(21)22;1-2/h6-7,10H,4-5,8-9H2,1-3H3,(H,16,19,20);1-2H3. The molecule has 7 nitrogen and oxygen atoms in total. The Hall–Kier alpha value is -2.44. The van der Waals surface area contributed by atoms with Crippen LogP contribution >= 0.6 is 0 Å². The van der Waals surface area contributed by atoms with Crippen molar-refractivity contribution in [1.82, 2.24) is 10.2 Å². The van der Waals surface area contributed by atoms with Crippen LogP contribution in [0.5, 0.6) is 0 Å². The first kappa shape index (κ1) is 21.6. The van der Waals surface area contributed by atoms with Gasteiger partial charge in [-0.1, -0.05) is 33.8 Å². The number of aryl methyl sites for hydroxylation is 1. The second kappa shape index (κ2) is 11.2. The van der Waals surface area contributed by atoms with Crippen LogP contribution in [0, 0.1) is 17.0 Å². The molecule has 0 saturated heterocycles. The molecule has 0 aliphatic rings. The minimum atomic E-state index is -0.634. The van der Waals surface area contributed by atoms with Gasteiger partial charge >= 0.3 is 6.03 Å². The minimum absolute atomic E-state index is 0.0959. The number of carbonyl (C=O) groups excluding carboxylic acids is 2. The van der Waals surface area contributed by atoms with Crippen LogP contribution in [0.25, 0.3) is 0 Å². The van der Waals surface area contributed by atoms with E-state index in [0.717, 1.165) is 12.8 Å². The molecule has 134 valence electrons. The predicted molar refractivity (Wildman–Crippen MR) is 94.2 cm³/mol. The summed E-state index contributed by atoms with van der Waals surface area (Å²) >= 11 is 0. The van der Waals surface area contributed by atoms with Gasteiger partial charge in [-0.2, -0.15) is 0 Å². The van der Waals surface area contributed by atoms with Crippen molar-refractivity contribution < 1.29 is 14.5 Å². The number of imide groups is 1. The molecule has 0 spiro atoms. The highest BCUT2D eigenvalue weighted by molar-refractivity contribution is 6.04. The van der Waals surface area contributed by atoms with Gasteiger partial charge in [0.15, 0.2) is 0 Å². The van der Waals surface area contributed by atoms with Crippen molar-refractivity contribution in [3.8, 4) is 0 Å². The normalized spacial score (nSPS) is 9.54. The molecule has 0 saturated carbocycles. The molecule has 1 rings (SSSR count). The number of rotatable bonds is 6. The Morgan fingerprint density at radius 3 is 2.17 bits per heavy atom. The molecular formula is C17H27N3O4. The van der Waals surface area contributed by atoms with Gasteiger partial charge in [0.2, 0.25) is 0 Å². The zero-order chi connectivity index (χ0) is 18.7. The molecule has 0 aliphatic carbocycles. The zero-order valence-electron chi connectivity index (χ0n) is 15.1. The summed E-state index contributed by atoms with van der Waals surface area (Å²) < 4.78 is 0. The highest BCUT2D eigenvalue weighted by Gasteiger charge is 2.19. The van der Waals surface area contributed by atoms with E-state index in [4.69, 9.17) is 0 Å². The maximum absolute atomic E-state index is 12.1.